The molecule has 0 bridgehead atoms. The molecule has 2 heterocycles. The minimum absolute atomic E-state index is 0.129. The predicted octanol–water partition coefficient (Wildman–Crippen LogP) is 4.66. The minimum atomic E-state index is -3.68. The van der Waals surface area contributed by atoms with Crippen LogP contribution in [0.4, 0.5) is 10.8 Å². The van der Waals surface area contributed by atoms with Crippen molar-refractivity contribution in [1.82, 2.24) is 9.29 Å². The summed E-state index contributed by atoms with van der Waals surface area (Å²) in [7, 11) is -0.326. The van der Waals surface area contributed by atoms with Crippen LogP contribution in [0.15, 0.2) is 57.2 Å². The molecule has 1 fully saturated rings. The molecule has 1 aliphatic heterocycles. The van der Waals surface area contributed by atoms with Gasteiger partial charge in [-0.05, 0) is 55.3 Å². The van der Waals surface area contributed by atoms with E-state index in [1.165, 1.54) is 15.6 Å². The second-order valence-electron chi connectivity index (χ2n) is 7.85. The van der Waals surface area contributed by atoms with Crippen LogP contribution in [-0.2, 0) is 14.8 Å². The van der Waals surface area contributed by atoms with Crippen LogP contribution in [0.1, 0.15) is 12.8 Å². The number of nitrogens with one attached hydrogen (secondary N) is 2. The number of amides is 1. The average Bonchev–Trinajstić information content (AvgIpc) is 3.34. The Morgan fingerprint density at radius 3 is 2.68 bits per heavy atom. The lowest BCUT2D eigenvalue weighted by atomic mass is 9.98. The molecule has 0 unspecified atom stereocenters. The summed E-state index contributed by atoms with van der Waals surface area (Å²) >= 11 is 4.82. The maximum absolute atomic E-state index is 13.2. The first-order valence-corrected chi connectivity index (χ1v) is 13.8. The van der Waals surface area contributed by atoms with Gasteiger partial charge in [-0.3, -0.25) is 4.79 Å². The molecule has 1 saturated heterocycles. The molecule has 1 aliphatic rings. The van der Waals surface area contributed by atoms with Crippen molar-refractivity contribution in [1.29, 1.82) is 0 Å². The predicted molar refractivity (Wildman–Crippen MR) is 138 cm³/mol. The number of sulfonamides is 1. The molecule has 11 heteroatoms. The first kappa shape index (κ1) is 24.6. The largest absolute Gasteiger partial charge is 0.495 e. The molecule has 0 aliphatic carbocycles. The SMILES string of the molecule is CNc1nc(-c2ccc(OC)c(NC(=O)[C@H]3CCCN(S(=O)(=O)c4ccc(Br)cc4)C3)c2)cs1. The summed E-state index contributed by atoms with van der Waals surface area (Å²) in [5.74, 6) is -0.181. The number of benzene rings is 2. The Balaban J connectivity index is 1.52. The molecule has 1 atom stereocenters. The molecule has 3 aromatic rings. The van der Waals surface area contributed by atoms with Gasteiger partial charge in [-0.1, -0.05) is 15.9 Å². The van der Waals surface area contributed by atoms with Crippen molar-refractivity contribution in [3.63, 3.8) is 0 Å². The number of carbonyl (C=O) groups is 1. The Bertz CT molecular complexity index is 1280. The van der Waals surface area contributed by atoms with E-state index in [2.05, 4.69) is 31.5 Å². The molecule has 0 saturated carbocycles. The van der Waals surface area contributed by atoms with Gasteiger partial charge in [-0.2, -0.15) is 4.31 Å². The molecule has 2 aromatic carbocycles. The van der Waals surface area contributed by atoms with Gasteiger partial charge in [0.15, 0.2) is 5.13 Å². The fraction of sp³-hybridized carbons (Fsp3) is 0.304. The third kappa shape index (κ3) is 5.27. The number of hydrogen-bond acceptors (Lipinski definition) is 7. The van der Waals surface area contributed by atoms with Gasteiger partial charge in [-0.15, -0.1) is 11.3 Å². The zero-order valence-corrected chi connectivity index (χ0v) is 22.0. The first-order valence-electron chi connectivity index (χ1n) is 10.7. The van der Waals surface area contributed by atoms with E-state index in [1.54, 1.807) is 37.4 Å². The van der Waals surface area contributed by atoms with Crippen molar-refractivity contribution in [2.24, 2.45) is 5.92 Å². The monoisotopic (exact) mass is 564 g/mol. The highest BCUT2D eigenvalue weighted by molar-refractivity contribution is 9.10. The summed E-state index contributed by atoms with van der Waals surface area (Å²) < 4.78 is 33.8. The minimum Gasteiger partial charge on any atom is -0.495 e. The standard InChI is InChI=1S/C23H25BrN4O4S2/c1-25-23-27-20(14-33-23)15-5-10-21(32-2)19(12-15)26-22(29)16-4-3-11-28(13-16)34(30,31)18-8-6-17(24)7-9-18/h5-10,12,14,16H,3-4,11,13H2,1-2H3,(H,25,27)(H,26,29)/t16-/m0/s1. The molecule has 1 aromatic heterocycles. The Kier molecular flexibility index (Phi) is 7.56. The van der Waals surface area contributed by atoms with Crippen molar-refractivity contribution < 1.29 is 17.9 Å². The van der Waals surface area contributed by atoms with E-state index in [0.29, 0.717) is 30.8 Å². The van der Waals surface area contributed by atoms with Crippen LogP contribution in [-0.4, -0.2) is 50.9 Å². The Labute approximate surface area is 211 Å². The topological polar surface area (TPSA) is 101 Å². The van der Waals surface area contributed by atoms with Gasteiger partial charge in [0.1, 0.15) is 5.75 Å². The number of ether oxygens (including phenoxy) is 1. The molecule has 4 rings (SSSR count). The van der Waals surface area contributed by atoms with Crippen molar-refractivity contribution in [3.05, 3.63) is 52.3 Å². The number of piperidine rings is 1. The number of aromatic nitrogens is 1. The highest BCUT2D eigenvalue weighted by Gasteiger charge is 2.33. The molecule has 1 amide bonds. The summed E-state index contributed by atoms with van der Waals surface area (Å²) in [4.78, 5) is 17.9. The van der Waals surface area contributed by atoms with Crippen LogP contribution >= 0.6 is 27.3 Å². The maximum Gasteiger partial charge on any atom is 0.243 e. The summed E-state index contributed by atoms with van der Waals surface area (Å²) in [5, 5.41) is 8.70. The van der Waals surface area contributed by atoms with Gasteiger partial charge >= 0.3 is 0 Å². The number of anilines is 2. The number of hydrogen-bond donors (Lipinski definition) is 2. The van der Waals surface area contributed by atoms with Crippen LogP contribution in [0, 0.1) is 5.92 Å². The van der Waals surface area contributed by atoms with Crippen LogP contribution in [0.5, 0.6) is 5.75 Å². The normalized spacial score (nSPS) is 16.7. The highest BCUT2D eigenvalue weighted by Crippen LogP contribution is 2.33. The average molecular weight is 566 g/mol. The van der Waals surface area contributed by atoms with Crippen molar-refractivity contribution in [3.8, 4) is 17.0 Å². The van der Waals surface area contributed by atoms with Crippen LogP contribution in [0.3, 0.4) is 0 Å². The summed E-state index contributed by atoms with van der Waals surface area (Å²) in [6, 6.07) is 12.0. The van der Waals surface area contributed by atoms with Gasteiger partial charge in [0, 0.05) is 35.6 Å². The van der Waals surface area contributed by atoms with Crippen LogP contribution in [0.2, 0.25) is 0 Å². The molecule has 2 N–H and O–H groups in total. The molecule has 180 valence electrons. The quantitative estimate of drug-likeness (QED) is 0.432. The molecule has 8 nitrogen and oxygen atoms in total. The van der Waals surface area contributed by atoms with Crippen molar-refractivity contribution in [2.75, 3.05) is 37.9 Å². The Hall–Kier alpha value is -2.47. The van der Waals surface area contributed by atoms with E-state index < -0.39 is 15.9 Å². The zero-order chi connectivity index (χ0) is 24.3. The fourth-order valence-corrected chi connectivity index (χ4v) is 6.32. The van der Waals surface area contributed by atoms with Crippen molar-refractivity contribution >= 4 is 54.0 Å². The maximum atomic E-state index is 13.2. The number of rotatable bonds is 7. The second-order valence-corrected chi connectivity index (χ2v) is 11.6. The second kappa shape index (κ2) is 10.4. The summed E-state index contributed by atoms with van der Waals surface area (Å²) in [6.07, 6.45) is 1.22. The molecule has 0 spiro atoms. The van der Waals surface area contributed by atoms with Gasteiger partial charge in [-0.25, -0.2) is 13.4 Å². The van der Waals surface area contributed by atoms with Crippen molar-refractivity contribution in [2.45, 2.75) is 17.7 Å². The molecular weight excluding hydrogens is 540 g/mol. The van der Waals surface area contributed by atoms with E-state index in [-0.39, 0.29) is 17.3 Å². The number of nitrogens with zero attached hydrogens (tertiary/aromatic N) is 2. The van der Waals surface area contributed by atoms with Gasteiger partial charge in [0.25, 0.3) is 0 Å². The fourth-order valence-electron chi connectivity index (χ4n) is 3.85. The zero-order valence-electron chi connectivity index (χ0n) is 18.7. The Morgan fingerprint density at radius 2 is 2.00 bits per heavy atom. The molecule has 34 heavy (non-hydrogen) atoms. The third-order valence-electron chi connectivity index (χ3n) is 5.68. The number of carbonyl (C=O) groups excluding carboxylic acids is 1. The van der Waals surface area contributed by atoms with Gasteiger partial charge in [0.05, 0.1) is 29.3 Å². The van der Waals surface area contributed by atoms with E-state index >= 15 is 0 Å². The Morgan fingerprint density at radius 1 is 1.24 bits per heavy atom. The van der Waals surface area contributed by atoms with E-state index in [1.807, 2.05) is 24.6 Å². The van der Waals surface area contributed by atoms with Crippen LogP contribution < -0.4 is 15.4 Å². The molecule has 0 radical (unpaired) electrons. The van der Waals surface area contributed by atoms with Gasteiger partial charge in [0.2, 0.25) is 15.9 Å². The highest BCUT2D eigenvalue weighted by atomic mass is 79.9. The van der Waals surface area contributed by atoms with Crippen LogP contribution in [0.25, 0.3) is 11.3 Å². The number of methoxy groups -OCH3 is 1. The lowest BCUT2D eigenvalue weighted by Crippen LogP contribution is -2.43. The van der Waals surface area contributed by atoms with E-state index in [9.17, 15) is 13.2 Å². The van der Waals surface area contributed by atoms with E-state index in [4.69, 9.17) is 4.74 Å². The number of halogens is 1. The lowest BCUT2D eigenvalue weighted by Gasteiger charge is -2.31. The summed E-state index contributed by atoms with van der Waals surface area (Å²) in [6.45, 7) is 0.516. The third-order valence-corrected chi connectivity index (χ3v) is 8.95. The molecular formula is C23H25BrN4O4S2. The first-order chi connectivity index (χ1) is 16.3. The summed E-state index contributed by atoms with van der Waals surface area (Å²) in [5.41, 5.74) is 2.16. The lowest BCUT2D eigenvalue weighted by molar-refractivity contribution is -0.120. The number of thiazole rings is 1. The smallest absolute Gasteiger partial charge is 0.243 e. The van der Waals surface area contributed by atoms with Gasteiger partial charge < -0.3 is 15.4 Å². The van der Waals surface area contributed by atoms with E-state index in [0.717, 1.165) is 20.9 Å².